The van der Waals surface area contributed by atoms with Crippen LogP contribution in [0, 0.1) is 0 Å². The quantitative estimate of drug-likeness (QED) is 0.788. The molecule has 1 N–H and O–H groups in total. The van der Waals surface area contributed by atoms with Crippen molar-refractivity contribution in [3.63, 3.8) is 0 Å². The summed E-state index contributed by atoms with van der Waals surface area (Å²) in [5.41, 5.74) is 1.26. The van der Waals surface area contributed by atoms with Crippen LogP contribution < -0.4 is 4.74 Å². The topological polar surface area (TPSA) is 76.7 Å². The number of rotatable bonds is 3. The Balaban J connectivity index is 2.33. The lowest BCUT2D eigenvalue weighted by Crippen LogP contribution is -1.97. The van der Waals surface area contributed by atoms with E-state index in [1.54, 1.807) is 48.3 Å². The largest absolute Gasteiger partial charge is 0.495 e. The number of ether oxygens (including phenoxy) is 1. The highest BCUT2D eigenvalue weighted by Crippen LogP contribution is 2.24. The highest BCUT2D eigenvalue weighted by molar-refractivity contribution is 5.95. The van der Waals surface area contributed by atoms with E-state index in [2.05, 4.69) is 9.97 Å². The third kappa shape index (κ3) is 1.87. The van der Waals surface area contributed by atoms with Gasteiger partial charge in [0.1, 0.15) is 11.6 Å². The number of carbonyl (C=O) groups is 1. The molecular formula is C14H11N3O3. The number of carboxylic acids is 1. The van der Waals surface area contributed by atoms with Crippen LogP contribution in [0.3, 0.4) is 0 Å². The fourth-order valence-electron chi connectivity index (χ4n) is 2.04. The Morgan fingerprint density at radius 1 is 1.35 bits per heavy atom. The number of aromatic carboxylic acids is 1. The van der Waals surface area contributed by atoms with E-state index >= 15 is 0 Å². The maximum absolute atomic E-state index is 11.3. The molecule has 0 atom stereocenters. The van der Waals surface area contributed by atoms with Gasteiger partial charge in [-0.2, -0.15) is 0 Å². The summed E-state index contributed by atoms with van der Waals surface area (Å²) in [5.74, 6) is 0.0733. The zero-order chi connectivity index (χ0) is 14.1. The maximum atomic E-state index is 11.3. The van der Waals surface area contributed by atoms with Crippen molar-refractivity contribution in [1.82, 2.24) is 14.4 Å². The number of nitrogens with zero attached hydrogens (tertiary/aromatic N) is 3. The molecular weight excluding hydrogens is 258 g/mol. The standard InChI is InChI=1S/C14H11N3O3/c1-20-10-4-5-11-12(14(18)19)16-13(17(11)8-10)9-3-2-6-15-7-9/h2-8H,1H3,(H,18,19). The van der Waals surface area contributed by atoms with E-state index in [9.17, 15) is 9.90 Å². The molecule has 0 spiro atoms. The lowest BCUT2D eigenvalue weighted by molar-refractivity contribution is 0.0693. The Morgan fingerprint density at radius 3 is 2.85 bits per heavy atom. The Labute approximate surface area is 114 Å². The number of aromatic nitrogens is 3. The van der Waals surface area contributed by atoms with Crippen LogP contribution in [0.4, 0.5) is 0 Å². The van der Waals surface area contributed by atoms with E-state index in [-0.39, 0.29) is 5.69 Å². The number of fused-ring (bicyclic) bond motifs is 1. The van der Waals surface area contributed by atoms with Gasteiger partial charge in [0, 0.05) is 18.0 Å². The minimum absolute atomic E-state index is 0.00602. The molecule has 3 aromatic rings. The SMILES string of the molecule is COc1ccc2c(C(=O)O)nc(-c3cccnc3)n2c1. The Kier molecular flexibility index (Phi) is 2.83. The van der Waals surface area contributed by atoms with Gasteiger partial charge in [0.15, 0.2) is 5.69 Å². The van der Waals surface area contributed by atoms with E-state index in [1.165, 1.54) is 0 Å². The van der Waals surface area contributed by atoms with Crippen LogP contribution in [0.5, 0.6) is 5.75 Å². The van der Waals surface area contributed by atoms with Gasteiger partial charge in [0.25, 0.3) is 0 Å². The molecule has 0 saturated carbocycles. The van der Waals surface area contributed by atoms with Crippen LogP contribution in [0.2, 0.25) is 0 Å². The fraction of sp³-hybridized carbons (Fsp3) is 0.0714. The van der Waals surface area contributed by atoms with Crippen molar-refractivity contribution in [2.45, 2.75) is 0 Å². The molecule has 3 heterocycles. The first kappa shape index (κ1) is 12.2. The lowest BCUT2D eigenvalue weighted by atomic mass is 10.3. The van der Waals surface area contributed by atoms with Gasteiger partial charge in [0.05, 0.1) is 18.8 Å². The average Bonchev–Trinajstić information content (AvgIpc) is 2.87. The molecule has 0 aliphatic rings. The molecule has 0 bridgehead atoms. The van der Waals surface area contributed by atoms with Gasteiger partial charge in [-0.25, -0.2) is 9.78 Å². The van der Waals surface area contributed by atoms with Crippen LogP contribution in [0.15, 0.2) is 42.9 Å². The smallest absolute Gasteiger partial charge is 0.356 e. The highest BCUT2D eigenvalue weighted by Gasteiger charge is 2.18. The van der Waals surface area contributed by atoms with Crippen LogP contribution in [-0.4, -0.2) is 32.6 Å². The van der Waals surface area contributed by atoms with Crippen LogP contribution in [0.25, 0.3) is 16.9 Å². The van der Waals surface area contributed by atoms with Crippen molar-refractivity contribution < 1.29 is 14.6 Å². The van der Waals surface area contributed by atoms with Crippen molar-refractivity contribution in [3.05, 3.63) is 48.5 Å². The van der Waals surface area contributed by atoms with Gasteiger partial charge in [-0.1, -0.05) is 0 Å². The molecule has 20 heavy (non-hydrogen) atoms. The van der Waals surface area contributed by atoms with Gasteiger partial charge in [0.2, 0.25) is 0 Å². The van der Waals surface area contributed by atoms with E-state index in [4.69, 9.17) is 4.74 Å². The number of imidazole rings is 1. The van der Waals surface area contributed by atoms with E-state index in [0.29, 0.717) is 17.1 Å². The molecule has 0 radical (unpaired) electrons. The number of hydrogen-bond acceptors (Lipinski definition) is 4. The van der Waals surface area contributed by atoms with Crippen molar-refractivity contribution in [2.24, 2.45) is 0 Å². The second-order valence-electron chi connectivity index (χ2n) is 4.16. The first-order valence-electron chi connectivity index (χ1n) is 5.90. The van der Waals surface area contributed by atoms with Gasteiger partial charge >= 0.3 is 5.97 Å². The predicted octanol–water partition coefficient (Wildman–Crippen LogP) is 2.10. The zero-order valence-electron chi connectivity index (χ0n) is 10.6. The van der Waals surface area contributed by atoms with Gasteiger partial charge in [-0.15, -0.1) is 0 Å². The summed E-state index contributed by atoms with van der Waals surface area (Å²) in [6.45, 7) is 0. The second kappa shape index (κ2) is 4.65. The molecule has 0 fully saturated rings. The Hall–Kier alpha value is -2.89. The third-order valence-corrected chi connectivity index (χ3v) is 2.97. The molecule has 0 amide bonds. The summed E-state index contributed by atoms with van der Waals surface area (Å²) in [6.07, 6.45) is 5.00. The van der Waals surface area contributed by atoms with Crippen LogP contribution >= 0.6 is 0 Å². The maximum Gasteiger partial charge on any atom is 0.356 e. The number of carboxylic acid groups (broad SMARTS) is 1. The zero-order valence-corrected chi connectivity index (χ0v) is 10.6. The summed E-state index contributed by atoms with van der Waals surface area (Å²) >= 11 is 0. The van der Waals surface area contributed by atoms with Crippen molar-refractivity contribution >= 4 is 11.5 Å². The first-order chi connectivity index (χ1) is 9.70. The average molecular weight is 269 g/mol. The van der Waals surface area contributed by atoms with Crippen molar-refractivity contribution in [1.29, 1.82) is 0 Å². The predicted molar refractivity (Wildman–Crippen MR) is 71.9 cm³/mol. The minimum atomic E-state index is -1.07. The summed E-state index contributed by atoms with van der Waals surface area (Å²) in [6, 6.07) is 6.98. The molecule has 0 saturated heterocycles. The number of methoxy groups -OCH3 is 1. The summed E-state index contributed by atoms with van der Waals surface area (Å²) < 4.78 is 6.86. The van der Waals surface area contributed by atoms with Crippen molar-refractivity contribution in [3.8, 4) is 17.1 Å². The highest BCUT2D eigenvalue weighted by atomic mass is 16.5. The lowest BCUT2D eigenvalue weighted by Gasteiger charge is -2.03. The molecule has 3 rings (SSSR count). The van der Waals surface area contributed by atoms with Gasteiger partial charge in [-0.3, -0.25) is 9.38 Å². The molecule has 6 nitrogen and oxygen atoms in total. The van der Waals surface area contributed by atoms with E-state index < -0.39 is 5.97 Å². The molecule has 0 unspecified atom stereocenters. The molecule has 6 heteroatoms. The molecule has 100 valence electrons. The van der Waals surface area contributed by atoms with Crippen LogP contribution in [0.1, 0.15) is 10.5 Å². The molecule has 0 aromatic carbocycles. The number of hydrogen-bond donors (Lipinski definition) is 1. The minimum Gasteiger partial charge on any atom is -0.495 e. The first-order valence-corrected chi connectivity index (χ1v) is 5.90. The fourth-order valence-corrected chi connectivity index (χ4v) is 2.04. The molecule has 3 aromatic heterocycles. The van der Waals surface area contributed by atoms with Gasteiger partial charge < -0.3 is 9.84 Å². The van der Waals surface area contributed by atoms with Crippen LogP contribution in [-0.2, 0) is 0 Å². The molecule has 0 aliphatic heterocycles. The summed E-state index contributed by atoms with van der Waals surface area (Å²) in [4.78, 5) is 19.5. The molecule has 0 aliphatic carbocycles. The third-order valence-electron chi connectivity index (χ3n) is 2.97. The Morgan fingerprint density at radius 2 is 2.20 bits per heavy atom. The Bertz CT molecular complexity index is 781. The normalized spacial score (nSPS) is 10.7. The monoisotopic (exact) mass is 269 g/mol. The van der Waals surface area contributed by atoms with E-state index in [1.807, 2.05) is 6.07 Å². The second-order valence-corrected chi connectivity index (χ2v) is 4.16. The number of pyridine rings is 2. The van der Waals surface area contributed by atoms with Gasteiger partial charge in [-0.05, 0) is 24.3 Å². The summed E-state index contributed by atoms with van der Waals surface area (Å²) in [7, 11) is 1.56. The van der Waals surface area contributed by atoms with Crippen molar-refractivity contribution in [2.75, 3.05) is 7.11 Å². The summed E-state index contributed by atoms with van der Waals surface area (Å²) in [5, 5.41) is 9.25. The van der Waals surface area contributed by atoms with E-state index in [0.717, 1.165) is 5.56 Å².